The third-order valence-corrected chi connectivity index (χ3v) is 8.43. The van der Waals surface area contributed by atoms with Gasteiger partial charge < -0.3 is 15.4 Å². The molecule has 39 heavy (non-hydrogen) atoms. The second-order valence-electron chi connectivity index (χ2n) is 9.12. The molecule has 0 saturated carbocycles. The van der Waals surface area contributed by atoms with Gasteiger partial charge in [0.2, 0.25) is 15.9 Å². The molecule has 0 aliphatic carbocycles. The third kappa shape index (κ3) is 6.83. The monoisotopic (exact) mass is 569 g/mol. The van der Waals surface area contributed by atoms with Crippen LogP contribution >= 0.6 is 11.6 Å². The van der Waals surface area contributed by atoms with Crippen LogP contribution in [0.15, 0.2) is 77.7 Å². The van der Waals surface area contributed by atoms with Gasteiger partial charge in [-0.05, 0) is 66.9 Å². The van der Waals surface area contributed by atoms with E-state index in [1.54, 1.807) is 36.4 Å². The van der Waals surface area contributed by atoms with Crippen LogP contribution in [-0.2, 0) is 35.6 Å². The molecule has 1 aliphatic heterocycles. The van der Waals surface area contributed by atoms with Gasteiger partial charge in [0.15, 0.2) is 6.10 Å². The number of nitrogens with zero attached hydrogens (tertiary/aromatic N) is 1. The van der Waals surface area contributed by atoms with Crippen molar-refractivity contribution < 1.29 is 27.5 Å². The average molecular weight is 570 g/mol. The molecule has 0 saturated heterocycles. The number of amides is 2. The van der Waals surface area contributed by atoms with Crippen LogP contribution in [0.2, 0.25) is 5.02 Å². The first-order chi connectivity index (χ1) is 18.5. The molecule has 0 aromatic heterocycles. The van der Waals surface area contributed by atoms with Crippen molar-refractivity contribution in [2.24, 2.45) is 0 Å². The second-order valence-corrected chi connectivity index (χ2v) is 11.4. The molecule has 2 amide bonds. The number of carbonyl (C=O) groups is 3. The number of nitrogens with one attached hydrogen (secondary N) is 2. The summed E-state index contributed by atoms with van der Waals surface area (Å²) < 4.78 is 34.1. The van der Waals surface area contributed by atoms with Gasteiger partial charge in [0, 0.05) is 29.9 Å². The van der Waals surface area contributed by atoms with Gasteiger partial charge in [-0.3, -0.25) is 14.4 Å². The molecule has 0 radical (unpaired) electrons. The molecule has 1 heterocycles. The van der Waals surface area contributed by atoms with Gasteiger partial charge in [-0.1, -0.05) is 41.9 Å². The summed E-state index contributed by atoms with van der Waals surface area (Å²) in [6.07, 6.45) is -0.931. The Labute approximate surface area is 232 Å². The lowest BCUT2D eigenvalue weighted by Gasteiger charge is -2.36. The van der Waals surface area contributed by atoms with E-state index in [0.29, 0.717) is 28.4 Å². The van der Waals surface area contributed by atoms with Crippen molar-refractivity contribution in [1.29, 1.82) is 0 Å². The van der Waals surface area contributed by atoms with E-state index >= 15 is 0 Å². The summed E-state index contributed by atoms with van der Waals surface area (Å²) in [5.41, 5.74) is 2.57. The number of sulfonamides is 1. The van der Waals surface area contributed by atoms with Gasteiger partial charge in [-0.25, -0.2) is 8.42 Å². The molecule has 4 rings (SSSR count). The molecule has 0 bridgehead atoms. The Kier molecular flexibility index (Phi) is 8.69. The largest absolute Gasteiger partial charge is 0.452 e. The molecular formula is C28H28ClN3O6S. The molecule has 0 fully saturated rings. The van der Waals surface area contributed by atoms with E-state index in [9.17, 15) is 22.8 Å². The van der Waals surface area contributed by atoms with Crippen LogP contribution < -0.4 is 10.6 Å². The van der Waals surface area contributed by atoms with Gasteiger partial charge in [0.05, 0.1) is 17.4 Å². The Morgan fingerprint density at radius 3 is 2.41 bits per heavy atom. The van der Waals surface area contributed by atoms with E-state index in [0.717, 1.165) is 5.56 Å². The molecule has 3 aromatic rings. The fourth-order valence-electron chi connectivity index (χ4n) is 4.44. The summed E-state index contributed by atoms with van der Waals surface area (Å²) in [6.45, 7) is 2.97. The van der Waals surface area contributed by atoms with Gasteiger partial charge in [-0.15, -0.1) is 0 Å². The van der Waals surface area contributed by atoms with E-state index in [4.69, 9.17) is 16.3 Å². The van der Waals surface area contributed by atoms with Gasteiger partial charge in [-0.2, -0.15) is 4.31 Å². The lowest BCUT2D eigenvalue weighted by molar-refractivity contribution is -0.154. The highest BCUT2D eigenvalue weighted by molar-refractivity contribution is 7.89. The number of esters is 1. The first-order valence-electron chi connectivity index (χ1n) is 12.3. The van der Waals surface area contributed by atoms with E-state index in [2.05, 4.69) is 10.6 Å². The predicted molar refractivity (Wildman–Crippen MR) is 148 cm³/mol. The lowest BCUT2D eigenvalue weighted by atomic mass is 9.92. The zero-order valence-corrected chi connectivity index (χ0v) is 23.0. The number of hydrogen-bond donors (Lipinski definition) is 2. The number of fused-ring (bicyclic) bond motifs is 1. The third-order valence-electron chi connectivity index (χ3n) is 6.27. The van der Waals surface area contributed by atoms with Crippen molar-refractivity contribution in [3.05, 3.63) is 88.9 Å². The Balaban J connectivity index is 1.53. The van der Waals surface area contributed by atoms with E-state index in [1.165, 1.54) is 42.4 Å². The molecular weight excluding hydrogens is 542 g/mol. The standard InChI is InChI=1S/C28H28ClN3O6S/c1-18(28(35)31-23-8-5-7-21(29)16-23)38-27(34)17-26-25-9-4-3-6-20(25)14-15-32(26)39(36,37)24-12-10-22(11-13-24)30-19(2)33/h3-13,16,18,26H,14-15,17H2,1-2H3,(H,30,33)(H,31,35). The summed E-state index contributed by atoms with van der Waals surface area (Å²) in [7, 11) is -4.01. The first kappa shape index (κ1) is 28.3. The first-order valence-corrected chi connectivity index (χ1v) is 14.1. The second kappa shape index (κ2) is 12.0. The SMILES string of the molecule is CC(=O)Nc1ccc(S(=O)(=O)N2CCc3ccccc3C2CC(=O)OC(C)C(=O)Nc2cccc(Cl)c2)cc1. The fourth-order valence-corrected chi connectivity index (χ4v) is 6.24. The maximum atomic E-state index is 13.7. The maximum Gasteiger partial charge on any atom is 0.308 e. The zero-order chi connectivity index (χ0) is 28.2. The number of anilines is 2. The Bertz CT molecular complexity index is 1490. The topological polar surface area (TPSA) is 122 Å². The molecule has 0 spiro atoms. The summed E-state index contributed by atoms with van der Waals surface area (Å²) >= 11 is 5.96. The highest BCUT2D eigenvalue weighted by atomic mass is 35.5. The van der Waals surface area contributed by atoms with Crippen molar-refractivity contribution in [3.8, 4) is 0 Å². The van der Waals surface area contributed by atoms with Gasteiger partial charge >= 0.3 is 5.97 Å². The number of halogens is 1. The minimum Gasteiger partial charge on any atom is -0.452 e. The average Bonchev–Trinajstić information content (AvgIpc) is 2.88. The summed E-state index contributed by atoms with van der Waals surface area (Å²) in [4.78, 5) is 37.0. The molecule has 1 aliphatic rings. The van der Waals surface area contributed by atoms with E-state index < -0.39 is 34.0 Å². The molecule has 2 unspecified atom stereocenters. The molecule has 204 valence electrons. The number of hydrogen-bond acceptors (Lipinski definition) is 6. The summed E-state index contributed by atoms with van der Waals surface area (Å²) in [6, 6.07) is 18.9. The van der Waals surface area contributed by atoms with Crippen LogP contribution in [0, 0.1) is 0 Å². The normalized spacial score (nSPS) is 16.0. The summed E-state index contributed by atoms with van der Waals surface area (Å²) in [5, 5.41) is 5.70. The minimum absolute atomic E-state index is 0.0311. The van der Waals surface area contributed by atoms with Crippen molar-refractivity contribution in [3.63, 3.8) is 0 Å². The molecule has 3 aromatic carbocycles. The van der Waals surface area contributed by atoms with Crippen LogP contribution in [0.4, 0.5) is 11.4 Å². The maximum absolute atomic E-state index is 13.7. The van der Waals surface area contributed by atoms with Gasteiger partial charge in [0.1, 0.15) is 0 Å². The Morgan fingerprint density at radius 2 is 1.72 bits per heavy atom. The molecule has 2 atom stereocenters. The van der Waals surface area contributed by atoms with Gasteiger partial charge in [0.25, 0.3) is 5.91 Å². The minimum atomic E-state index is -4.01. The van der Waals surface area contributed by atoms with Crippen LogP contribution in [0.25, 0.3) is 0 Å². The number of ether oxygens (including phenoxy) is 1. The van der Waals surface area contributed by atoms with Crippen molar-refractivity contribution in [2.75, 3.05) is 17.2 Å². The predicted octanol–water partition coefficient (Wildman–Crippen LogP) is 4.55. The fraction of sp³-hybridized carbons (Fsp3) is 0.250. The lowest BCUT2D eigenvalue weighted by Crippen LogP contribution is -2.41. The smallest absolute Gasteiger partial charge is 0.308 e. The van der Waals surface area contributed by atoms with E-state index in [1.807, 2.05) is 12.1 Å². The van der Waals surface area contributed by atoms with Crippen LogP contribution in [0.5, 0.6) is 0 Å². The van der Waals surface area contributed by atoms with Crippen molar-refractivity contribution in [1.82, 2.24) is 4.31 Å². The Morgan fingerprint density at radius 1 is 1.00 bits per heavy atom. The molecule has 2 N–H and O–H groups in total. The number of benzene rings is 3. The van der Waals surface area contributed by atoms with Crippen molar-refractivity contribution in [2.45, 2.75) is 43.7 Å². The van der Waals surface area contributed by atoms with Crippen LogP contribution in [-0.4, -0.2) is 43.2 Å². The highest BCUT2D eigenvalue weighted by Gasteiger charge is 2.38. The van der Waals surface area contributed by atoms with Crippen LogP contribution in [0.3, 0.4) is 0 Å². The summed E-state index contributed by atoms with van der Waals surface area (Å²) in [5.74, 6) is -1.53. The number of carbonyl (C=O) groups excluding carboxylic acids is 3. The van der Waals surface area contributed by atoms with Crippen molar-refractivity contribution >= 4 is 50.8 Å². The number of rotatable bonds is 8. The molecule has 11 heteroatoms. The Hall–Kier alpha value is -3.73. The molecule has 9 nitrogen and oxygen atoms in total. The van der Waals surface area contributed by atoms with Crippen LogP contribution in [0.1, 0.15) is 37.4 Å². The van der Waals surface area contributed by atoms with E-state index in [-0.39, 0.29) is 23.8 Å². The quantitative estimate of drug-likeness (QED) is 0.384. The highest BCUT2D eigenvalue weighted by Crippen LogP contribution is 2.37. The zero-order valence-electron chi connectivity index (χ0n) is 21.4.